The van der Waals surface area contributed by atoms with Crippen LogP contribution < -0.4 is 10.6 Å². The van der Waals surface area contributed by atoms with Crippen LogP contribution in [0.15, 0.2) is 48.5 Å². The third-order valence-electron chi connectivity index (χ3n) is 4.27. The fourth-order valence-corrected chi connectivity index (χ4v) is 2.88. The number of carbonyl (C=O) groups excluding carboxylic acids is 4. The molecule has 0 aromatic heterocycles. The molecule has 2 N–H and O–H groups in total. The first kappa shape index (κ1) is 21.0. The molecular weight excluding hydrogens is 403 g/mol. The summed E-state index contributed by atoms with van der Waals surface area (Å²) >= 11 is 0. The zero-order valence-electron chi connectivity index (χ0n) is 15.5. The Bertz CT molecular complexity index is 968. The van der Waals surface area contributed by atoms with Gasteiger partial charge in [-0.05, 0) is 29.8 Å². The predicted molar refractivity (Wildman–Crippen MR) is 99.6 cm³/mol. The van der Waals surface area contributed by atoms with Crippen molar-refractivity contribution in [3.63, 3.8) is 0 Å². The number of benzene rings is 2. The summed E-state index contributed by atoms with van der Waals surface area (Å²) in [5.74, 6) is -2.48. The number of alkyl halides is 3. The molecule has 0 unspecified atom stereocenters. The van der Waals surface area contributed by atoms with Crippen LogP contribution in [0.4, 0.5) is 18.9 Å². The maximum absolute atomic E-state index is 12.3. The van der Waals surface area contributed by atoms with Gasteiger partial charge in [0.15, 0.2) is 0 Å². The van der Waals surface area contributed by atoms with Crippen molar-refractivity contribution in [3.8, 4) is 0 Å². The van der Waals surface area contributed by atoms with Gasteiger partial charge in [0.25, 0.3) is 11.8 Å². The Morgan fingerprint density at radius 2 is 1.43 bits per heavy atom. The zero-order chi connectivity index (χ0) is 21.9. The molecular formula is C20H16F3N3O4. The smallest absolute Gasteiger partial charge is 0.347 e. The van der Waals surface area contributed by atoms with E-state index in [1.165, 1.54) is 36.4 Å². The van der Waals surface area contributed by atoms with E-state index >= 15 is 0 Å². The zero-order valence-corrected chi connectivity index (χ0v) is 15.5. The van der Waals surface area contributed by atoms with E-state index in [0.29, 0.717) is 11.3 Å². The van der Waals surface area contributed by atoms with Crippen LogP contribution in [0.5, 0.6) is 0 Å². The molecule has 1 aliphatic heterocycles. The molecule has 1 heterocycles. The fourth-order valence-electron chi connectivity index (χ4n) is 2.88. The number of amides is 4. The summed E-state index contributed by atoms with van der Waals surface area (Å²) in [6.07, 6.45) is -4.73. The van der Waals surface area contributed by atoms with Crippen molar-refractivity contribution in [1.29, 1.82) is 0 Å². The third kappa shape index (κ3) is 5.02. The van der Waals surface area contributed by atoms with Gasteiger partial charge in [-0.1, -0.05) is 24.3 Å². The lowest BCUT2D eigenvalue weighted by Crippen LogP contribution is -2.37. The Balaban J connectivity index is 1.53. The van der Waals surface area contributed by atoms with Gasteiger partial charge in [0.05, 0.1) is 17.5 Å². The quantitative estimate of drug-likeness (QED) is 0.702. The molecule has 0 spiro atoms. The van der Waals surface area contributed by atoms with Crippen LogP contribution in [0.2, 0.25) is 0 Å². The Labute approximate surface area is 168 Å². The average molecular weight is 419 g/mol. The second-order valence-electron chi connectivity index (χ2n) is 6.56. The van der Waals surface area contributed by atoms with Crippen LogP contribution in [0.3, 0.4) is 0 Å². The largest absolute Gasteiger partial charge is 0.405 e. The molecule has 2 aromatic carbocycles. The first-order chi connectivity index (χ1) is 14.1. The molecule has 0 fully saturated rings. The van der Waals surface area contributed by atoms with Gasteiger partial charge in [0.2, 0.25) is 11.8 Å². The van der Waals surface area contributed by atoms with E-state index in [2.05, 4.69) is 5.32 Å². The van der Waals surface area contributed by atoms with Crippen LogP contribution in [0, 0.1) is 0 Å². The van der Waals surface area contributed by atoms with Crippen molar-refractivity contribution in [2.24, 2.45) is 0 Å². The number of rotatable bonds is 6. The lowest BCUT2D eigenvalue weighted by atomic mass is 10.1. The normalized spacial score (nSPS) is 13.2. The molecule has 0 bridgehead atoms. The molecule has 0 saturated carbocycles. The number of halogens is 3. The van der Waals surface area contributed by atoms with Gasteiger partial charge in [0, 0.05) is 5.69 Å². The van der Waals surface area contributed by atoms with E-state index in [0.717, 1.165) is 4.90 Å². The molecule has 2 aromatic rings. The van der Waals surface area contributed by atoms with E-state index in [1.54, 1.807) is 17.4 Å². The first-order valence-electron chi connectivity index (χ1n) is 8.81. The SMILES string of the molecule is O=C(Cc1ccc(NC(=O)CN2C(=O)c3ccccc3C2=O)cc1)NCC(F)(F)F. The Hall–Kier alpha value is -3.69. The highest BCUT2D eigenvalue weighted by molar-refractivity contribution is 6.22. The minimum Gasteiger partial charge on any atom is -0.347 e. The van der Waals surface area contributed by atoms with Crippen molar-refractivity contribution in [2.45, 2.75) is 12.6 Å². The molecule has 0 aliphatic carbocycles. The van der Waals surface area contributed by atoms with Gasteiger partial charge < -0.3 is 10.6 Å². The van der Waals surface area contributed by atoms with Crippen molar-refractivity contribution in [1.82, 2.24) is 10.2 Å². The molecule has 0 saturated heterocycles. The van der Waals surface area contributed by atoms with Gasteiger partial charge in [-0.3, -0.25) is 24.1 Å². The number of nitrogens with one attached hydrogen (secondary N) is 2. The summed E-state index contributed by atoms with van der Waals surface area (Å²) in [5, 5.41) is 4.30. The van der Waals surface area contributed by atoms with E-state index < -0.39 is 42.9 Å². The summed E-state index contributed by atoms with van der Waals surface area (Å²) in [5.41, 5.74) is 1.27. The maximum atomic E-state index is 12.3. The summed E-state index contributed by atoms with van der Waals surface area (Å²) in [7, 11) is 0. The van der Waals surface area contributed by atoms with Gasteiger partial charge in [-0.25, -0.2) is 0 Å². The van der Waals surface area contributed by atoms with Crippen LogP contribution in [-0.4, -0.2) is 47.8 Å². The molecule has 0 atom stereocenters. The fraction of sp³-hybridized carbons (Fsp3) is 0.200. The molecule has 156 valence electrons. The second-order valence-corrected chi connectivity index (χ2v) is 6.56. The number of anilines is 1. The average Bonchev–Trinajstić information content (AvgIpc) is 2.93. The van der Waals surface area contributed by atoms with Crippen molar-refractivity contribution < 1.29 is 32.3 Å². The highest BCUT2D eigenvalue weighted by Gasteiger charge is 2.36. The van der Waals surface area contributed by atoms with Gasteiger partial charge in [-0.15, -0.1) is 0 Å². The lowest BCUT2D eigenvalue weighted by Gasteiger charge is -2.14. The third-order valence-corrected chi connectivity index (χ3v) is 4.27. The minimum atomic E-state index is -4.48. The number of fused-ring (bicyclic) bond motifs is 1. The Morgan fingerprint density at radius 1 is 0.867 bits per heavy atom. The summed E-state index contributed by atoms with van der Waals surface area (Å²) in [6, 6.07) is 12.2. The van der Waals surface area contributed by atoms with Crippen LogP contribution in [-0.2, 0) is 16.0 Å². The molecule has 7 nitrogen and oxygen atoms in total. The maximum Gasteiger partial charge on any atom is 0.405 e. The van der Waals surface area contributed by atoms with Crippen molar-refractivity contribution in [2.75, 3.05) is 18.4 Å². The molecule has 1 aliphatic rings. The second kappa shape index (κ2) is 8.36. The van der Waals surface area contributed by atoms with E-state index in [9.17, 15) is 32.3 Å². The minimum absolute atomic E-state index is 0.239. The number of nitrogens with zero attached hydrogens (tertiary/aromatic N) is 1. The predicted octanol–water partition coefficient (Wildman–Crippen LogP) is 2.14. The molecule has 4 amide bonds. The van der Waals surface area contributed by atoms with E-state index in [1.807, 2.05) is 0 Å². The number of hydrogen-bond donors (Lipinski definition) is 2. The first-order valence-corrected chi connectivity index (χ1v) is 8.81. The van der Waals surface area contributed by atoms with Gasteiger partial charge in [0.1, 0.15) is 13.1 Å². The van der Waals surface area contributed by atoms with E-state index in [-0.39, 0.29) is 17.5 Å². The van der Waals surface area contributed by atoms with Crippen molar-refractivity contribution >= 4 is 29.3 Å². The number of carbonyl (C=O) groups is 4. The standard InChI is InChI=1S/C20H16F3N3O4/c21-20(22,23)11-24-16(27)9-12-5-7-13(8-6-12)25-17(28)10-26-18(29)14-3-1-2-4-15(14)19(26)30/h1-8H,9-11H2,(H,24,27)(H,25,28). The topological polar surface area (TPSA) is 95.6 Å². The van der Waals surface area contributed by atoms with E-state index in [4.69, 9.17) is 0 Å². The number of hydrogen-bond acceptors (Lipinski definition) is 4. The lowest BCUT2D eigenvalue weighted by molar-refractivity contribution is -0.138. The van der Waals surface area contributed by atoms with Crippen LogP contribution in [0.25, 0.3) is 0 Å². The van der Waals surface area contributed by atoms with Crippen LogP contribution in [0.1, 0.15) is 26.3 Å². The van der Waals surface area contributed by atoms with Crippen molar-refractivity contribution in [3.05, 3.63) is 65.2 Å². The monoisotopic (exact) mass is 419 g/mol. The molecule has 3 rings (SSSR count). The molecule has 0 radical (unpaired) electrons. The molecule has 30 heavy (non-hydrogen) atoms. The summed E-state index contributed by atoms with van der Waals surface area (Å²) < 4.78 is 36.3. The highest BCUT2D eigenvalue weighted by Crippen LogP contribution is 2.22. The highest BCUT2D eigenvalue weighted by atomic mass is 19.4. The van der Waals surface area contributed by atoms with Gasteiger partial charge in [-0.2, -0.15) is 13.2 Å². The summed E-state index contributed by atoms with van der Waals surface area (Å²) in [4.78, 5) is 49.1. The van der Waals surface area contributed by atoms with Gasteiger partial charge >= 0.3 is 6.18 Å². The van der Waals surface area contributed by atoms with Crippen LogP contribution >= 0.6 is 0 Å². The number of imide groups is 1. The molecule has 10 heteroatoms. The Kier molecular flexibility index (Phi) is 5.86. The Morgan fingerprint density at radius 3 is 1.97 bits per heavy atom. The summed E-state index contributed by atoms with van der Waals surface area (Å²) in [6.45, 7) is -1.87.